The number of furan rings is 1. The van der Waals surface area contributed by atoms with Crippen molar-refractivity contribution in [1.82, 2.24) is 10.0 Å². The number of nitrogens with one attached hydrogen (secondary N) is 2. The van der Waals surface area contributed by atoms with E-state index in [1.54, 1.807) is 6.07 Å². The minimum atomic E-state index is -3.61. The summed E-state index contributed by atoms with van der Waals surface area (Å²) in [5, 5.41) is 3.10. The SMILES string of the molecule is C=C(Br)CNS(=O)(=O)c1ccc(CNCC(C)C)o1. The van der Waals surface area contributed by atoms with Crippen LogP contribution in [0.4, 0.5) is 0 Å². The highest BCUT2D eigenvalue weighted by atomic mass is 79.9. The standard InChI is InChI=1S/C12H19BrN2O3S/c1-9(2)6-14-8-11-4-5-12(18-11)19(16,17)15-7-10(3)13/h4-5,9,14-15H,3,6-8H2,1-2H3. The van der Waals surface area contributed by atoms with Crippen LogP contribution in [-0.2, 0) is 16.6 Å². The van der Waals surface area contributed by atoms with E-state index in [-0.39, 0.29) is 11.6 Å². The summed E-state index contributed by atoms with van der Waals surface area (Å²) >= 11 is 3.09. The van der Waals surface area contributed by atoms with Gasteiger partial charge in [-0.3, -0.25) is 0 Å². The molecule has 0 saturated heterocycles. The van der Waals surface area contributed by atoms with E-state index in [9.17, 15) is 8.42 Å². The molecular weight excluding hydrogens is 332 g/mol. The Morgan fingerprint density at radius 3 is 2.74 bits per heavy atom. The molecule has 0 spiro atoms. The van der Waals surface area contributed by atoms with Crippen molar-refractivity contribution < 1.29 is 12.8 Å². The van der Waals surface area contributed by atoms with Crippen LogP contribution in [0.25, 0.3) is 0 Å². The second-order valence-electron chi connectivity index (χ2n) is 4.59. The Morgan fingerprint density at radius 1 is 1.47 bits per heavy atom. The molecule has 0 aliphatic carbocycles. The highest BCUT2D eigenvalue weighted by molar-refractivity contribution is 9.11. The summed E-state index contributed by atoms with van der Waals surface area (Å²) < 4.78 is 31.9. The second-order valence-corrected chi connectivity index (χ2v) is 7.41. The predicted octanol–water partition coefficient (Wildman–Crippen LogP) is 2.21. The zero-order chi connectivity index (χ0) is 14.5. The van der Waals surface area contributed by atoms with Gasteiger partial charge >= 0.3 is 0 Å². The molecule has 0 radical (unpaired) electrons. The number of rotatable bonds is 8. The lowest BCUT2D eigenvalue weighted by Gasteiger charge is -2.05. The Morgan fingerprint density at radius 2 is 2.16 bits per heavy atom. The molecule has 0 fully saturated rings. The molecule has 0 aliphatic heterocycles. The number of sulfonamides is 1. The summed E-state index contributed by atoms with van der Waals surface area (Å²) in [6, 6.07) is 3.11. The maximum absolute atomic E-state index is 11.8. The molecule has 19 heavy (non-hydrogen) atoms. The lowest BCUT2D eigenvalue weighted by Crippen LogP contribution is -2.24. The van der Waals surface area contributed by atoms with Crippen LogP contribution in [-0.4, -0.2) is 21.5 Å². The third-order valence-corrected chi connectivity index (χ3v) is 3.76. The molecule has 0 saturated carbocycles. The molecule has 7 heteroatoms. The van der Waals surface area contributed by atoms with E-state index >= 15 is 0 Å². The predicted molar refractivity (Wildman–Crippen MR) is 78.5 cm³/mol. The number of halogens is 1. The van der Waals surface area contributed by atoms with Gasteiger partial charge in [-0.05, 0) is 24.6 Å². The highest BCUT2D eigenvalue weighted by Gasteiger charge is 2.18. The van der Waals surface area contributed by atoms with Crippen molar-refractivity contribution in [2.45, 2.75) is 25.5 Å². The van der Waals surface area contributed by atoms with Crippen LogP contribution >= 0.6 is 15.9 Å². The largest absolute Gasteiger partial charge is 0.447 e. The van der Waals surface area contributed by atoms with Crippen LogP contribution in [0.1, 0.15) is 19.6 Å². The minimum Gasteiger partial charge on any atom is -0.447 e. The third kappa shape index (κ3) is 5.90. The quantitative estimate of drug-likeness (QED) is 0.753. The van der Waals surface area contributed by atoms with E-state index in [0.717, 1.165) is 6.54 Å². The van der Waals surface area contributed by atoms with Gasteiger partial charge in [-0.1, -0.05) is 36.4 Å². The maximum atomic E-state index is 11.8. The Kier molecular flexibility index (Phi) is 6.25. The summed E-state index contributed by atoms with van der Waals surface area (Å²) in [4.78, 5) is 0. The van der Waals surface area contributed by atoms with E-state index in [4.69, 9.17) is 4.42 Å². The summed E-state index contributed by atoms with van der Waals surface area (Å²) in [5.74, 6) is 1.13. The van der Waals surface area contributed by atoms with Crippen LogP contribution in [0.2, 0.25) is 0 Å². The molecule has 108 valence electrons. The van der Waals surface area contributed by atoms with Crippen LogP contribution in [0.15, 0.2) is 32.7 Å². The third-order valence-electron chi connectivity index (χ3n) is 2.21. The Balaban J connectivity index is 2.60. The lowest BCUT2D eigenvalue weighted by molar-refractivity contribution is 0.395. The topological polar surface area (TPSA) is 71.3 Å². The Hall–Kier alpha value is -0.630. The van der Waals surface area contributed by atoms with Crippen molar-refractivity contribution in [3.63, 3.8) is 0 Å². The molecule has 0 aliphatic rings. The summed E-state index contributed by atoms with van der Waals surface area (Å²) in [6.45, 7) is 9.26. The maximum Gasteiger partial charge on any atom is 0.274 e. The van der Waals surface area contributed by atoms with Gasteiger partial charge in [-0.25, -0.2) is 13.1 Å². The van der Waals surface area contributed by atoms with Gasteiger partial charge in [0.15, 0.2) is 0 Å². The first-order valence-corrected chi connectivity index (χ1v) is 8.21. The van der Waals surface area contributed by atoms with E-state index < -0.39 is 10.0 Å². The highest BCUT2D eigenvalue weighted by Crippen LogP contribution is 2.14. The fourth-order valence-electron chi connectivity index (χ4n) is 1.33. The van der Waals surface area contributed by atoms with Crippen LogP contribution in [0.3, 0.4) is 0 Å². The van der Waals surface area contributed by atoms with Crippen LogP contribution < -0.4 is 10.0 Å². The number of hydrogen-bond donors (Lipinski definition) is 2. The molecular formula is C12H19BrN2O3S. The monoisotopic (exact) mass is 350 g/mol. The molecule has 0 atom stereocenters. The van der Waals surface area contributed by atoms with Gasteiger partial charge in [0.1, 0.15) is 5.76 Å². The van der Waals surface area contributed by atoms with Crippen molar-refractivity contribution in [2.24, 2.45) is 5.92 Å². The van der Waals surface area contributed by atoms with Crippen molar-refractivity contribution in [3.8, 4) is 0 Å². The molecule has 0 unspecified atom stereocenters. The Bertz CT molecular complexity index is 523. The smallest absolute Gasteiger partial charge is 0.274 e. The molecule has 1 rings (SSSR count). The molecule has 1 aromatic rings. The van der Waals surface area contributed by atoms with Gasteiger partial charge in [-0.15, -0.1) is 0 Å². The first-order valence-electron chi connectivity index (χ1n) is 5.93. The van der Waals surface area contributed by atoms with Crippen molar-refractivity contribution in [2.75, 3.05) is 13.1 Å². The van der Waals surface area contributed by atoms with E-state index in [1.807, 2.05) is 0 Å². The lowest BCUT2D eigenvalue weighted by atomic mass is 10.2. The van der Waals surface area contributed by atoms with Gasteiger partial charge in [0, 0.05) is 11.0 Å². The number of hydrogen-bond acceptors (Lipinski definition) is 4. The molecule has 0 aromatic carbocycles. The molecule has 0 bridgehead atoms. The zero-order valence-corrected chi connectivity index (χ0v) is 13.5. The van der Waals surface area contributed by atoms with Crippen molar-refractivity contribution in [1.29, 1.82) is 0 Å². The average molecular weight is 351 g/mol. The van der Waals surface area contributed by atoms with Gasteiger partial charge < -0.3 is 9.73 Å². The molecule has 1 heterocycles. The summed E-state index contributed by atoms with van der Waals surface area (Å²) in [7, 11) is -3.61. The molecule has 1 aromatic heterocycles. The summed E-state index contributed by atoms with van der Waals surface area (Å²) in [5.41, 5.74) is 0. The second kappa shape index (κ2) is 7.23. The van der Waals surface area contributed by atoms with Crippen molar-refractivity contribution >= 4 is 26.0 Å². The van der Waals surface area contributed by atoms with Gasteiger partial charge in [0.2, 0.25) is 5.09 Å². The molecule has 2 N–H and O–H groups in total. The fraction of sp³-hybridized carbons (Fsp3) is 0.500. The zero-order valence-electron chi connectivity index (χ0n) is 11.1. The normalized spacial score (nSPS) is 12.0. The van der Waals surface area contributed by atoms with Gasteiger partial charge in [0.25, 0.3) is 10.0 Å². The van der Waals surface area contributed by atoms with Crippen LogP contribution in [0, 0.1) is 5.92 Å². The van der Waals surface area contributed by atoms with E-state index in [2.05, 4.69) is 46.4 Å². The fourth-order valence-corrected chi connectivity index (χ4v) is 2.62. The average Bonchev–Trinajstić information content (AvgIpc) is 2.75. The first kappa shape index (κ1) is 16.4. The van der Waals surface area contributed by atoms with Crippen molar-refractivity contribution in [3.05, 3.63) is 29.0 Å². The minimum absolute atomic E-state index is 0.0809. The van der Waals surface area contributed by atoms with E-state index in [0.29, 0.717) is 22.7 Å². The van der Waals surface area contributed by atoms with E-state index in [1.165, 1.54) is 6.07 Å². The first-order chi connectivity index (χ1) is 8.81. The van der Waals surface area contributed by atoms with Crippen LogP contribution in [0.5, 0.6) is 0 Å². The van der Waals surface area contributed by atoms with Gasteiger partial charge in [-0.2, -0.15) is 0 Å². The molecule has 5 nitrogen and oxygen atoms in total. The molecule has 0 amide bonds. The summed E-state index contributed by atoms with van der Waals surface area (Å²) in [6.07, 6.45) is 0. The Labute approximate surface area is 122 Å². The van der Waals surface area contributed by atoms with Gasteiger partial charge in [0.05, 0.1) is 6.54 Å².